The summed E-state index contributed by atoms with van der Waals surface area (Å²) in [6, 6.07) is 10.7. The van der Waals surface area contributed by atoms with Crippen molar-refractivity contribution < 1.29 is 0 Å². The quantitative estimate of drug-likeness (QED) is 0.873. The van der Waals surface area contributed by atoms with E-state index in [0.717, 1.165) is 35.9 Å². The number of halogens is 1. The first-order chi connectivity index (χ1) is 9.67. The second kappa shape index (κ2) is 6.91. The van der Waals surface area contributed by atoms with Crippen LogP contribution in [0.25, 0.3) is 0 Å². The molecule has 0 bridgehead atoms. The van der Waals surface area contributed by atoms with Gasteiger partial charge in [0.2, 0.25) is 0 Å². The Hall–Kier alpha value is -1.32. The minimum absolute atomic E-state index is 0.289. The van der Waals surface area contributed by atoms with E-state index in [1.165, 1.54) is 5.56 Å². The highest BCUT2D eigenvalue weighted by atomic mass is 35.5. The molecular formula is C16H22ClN3. The summed E-state index contributed by atoms with van der Waals surface area (Å²) in [6.45, 7) is 7.91. The van der Waals surface area contributed by atoms with Crippen molar-refractivity contribution in [2.45, 2.75) is 46.3 Å². The lowest BCUT2D eigenvalue weighted by Gasteiger charge is -2.15. The number of hydrogen-bond acceptors (Lipinski definition) is 2. The SMILES string of the molecule is CCc1nn(CC)c(CNC(C)c2ccccc2)c1Cl. The second-order valence-electron chi connectivity index (χ2n) is 4.89. The van der Waals surface area contributed by atoms with Crippen molar-refractivity contribution in [1.82, 2.24) is 15.1 Å². The normalized spacial score (nSPS) is 12.6. The van der Waals surface area contributed by atoms with E-state index < -0.39 is 0 Å². The number of benzene rings is 1. The van der Waals surface area contributed by atoms with E-state index in [1.54, 1.807) is 0 Å². The van der Waals surface area contributed by atoms with Gasteiger partial charge in [0.25, 0.3) is 0 Å². The van der Waals surface area contributed by atoms with Gasteiger partial charge >= 0.3 is 0 Å². The predicted octanol–water partition coefficient (Wildman–Crippen LogP) is 3.97. The Balaban J connectivity index is 2.09. The summed E-state index contributed by atoms with van der Waals surface area (Å²) >= 11 is 6.41. The molecule has 1 N–H and O–H groups in total. The van der Waals surface area contributed by atoms with Gasteiger partial charge in [-0.05, 0) is 25.8 Å². The smallest absolute Gasteiger partial charge is 0.0863 e. The molecule has 1 heterocycles. The number of nitrogens with one attached hydrogen (secondary N) is 1. The van der Waals surface area contributed by atoms with Crippen molar-refractivity contribution in [2.24, 2.45) is 0 Å². The van der Waals surface area contributed by atoms with Gasteiger partial charge < -0.3 is 5.32 Å². The first kappa shape index (κ1) is 15.1. The van der Waals surface area contributed by atoms with Crippen molar-refractivity contribution in [2.75, 3.05) is 0 Å². The molecule has 1 unspecified atom stereocenters. The monoisotopic (exact) mass is 291 g/mol. The Labute approximate surface area is 126 Å². The first-order valence-corrected chi connectivity index (χ1v) is 7.57. The fraction of sp³-hybridized carbons (Fsp3) is 0.438. The third-order valence-corrected chi connectivity index (χ3v) is 4.01. The van der Waals surface area contributed by atoms with E-state index in [-0.39, 0.29) is 6.04 Å². The number of aromatic nitrogens is 2. The standard InChI is InChI=1S/C16H22ClN3/c1-4-14-16(17)15(20(5-2)19-14)11-18-12(3)13-9-7-6-8-10-13/h6-10,12,18H,4-5,11H2,1-3H3. The maximum atomic E-state index is 6.41. The molecule has 3 nitrogen and oxygen atoms in total. The molecule has 0 spiro atoms. The Kier molecular flexibility index (Phi) is 5.21. The molecule has 20 heavy (non-hydrogen) atoms. The van der Waals surface area contributed by atoms with Crippen LogP contribution in [0, 0.1) is 0 Å². The van der Waals surface area contributed by atoms with Crippen molar-refractivity contribution in [3.63, 3.8) is 0 Å². The van der Waals surface area contributed by atoms with Gasteiger partial charge in [-0.15, -0.1) is 0 Å². The van der Waals surface area contributed by atoms with Gasteiger partial charge in [0.15, 0.2) is 0 Å². The van der Waals surface area contributed by atoms with Gasteiger partial charge in [0, 0.05) is 19.1 Å². The van der Waals surface area contributed by atoms with Crippen LogP contribution in [0.2, 0.25) is 5.02 Å². The molecule has 108 valence electrons. The minimum atomic E-state index is 0.289. The van der Waals surface area contributed by atoms with Gasteiger partial charge in [0.05, 0.1) is 16.4 Å². The Morgan fingerprint density at radius 1 is 1.25 bits per heavy atom. The minimum Gasteiger partial charge on any atom is -0.305 e. The maximum absolute atomic E-state index is 6.41. The molecule has 0 saturated carbocycles. The number of hydrogen-bond donors (Lipinski definition) is 1. The summed E-state index contributed by atoms with van der Waals surface area (Å²) in [4.78, 5) is 0. The number of nitrogens with zero attached hydrogens (tertiary/aromatic N) is 2. The molecule has 1 aromatic heterocycles. The van der Waals surface area contributed by atoms with Gasteiger partial charge in [-0.1, -0.05) is 48.9 Å². The highest BCUT2D eigenvalue weighted by Crippen LogP contribution is 2.22. The van der Waals surface area contributed by atoms with E-state index in [9.17, 15) is 0 Å². The summed E-state index contributed by atoms with van der Waals surface area (Å²) in [6.07, 6.45) is 0.868. The van der Waals surface area contributed by atoms with Gasteiger partial charge in [-0.25, -0.2) is 0 Å². The molecule has 4 heteroatoms. The summed E-state index contributed by atoms with van der Waals surface area (Å²) < 4.78 is 1.99. The largest absolute Gasteiger partial charge is 0.305 e. The molecule has 1 aromatic carbocycles. The molecular weight excluding hydrogens is 270 g/mol. The highest BCUT2D eigenvalue weighted by Gasteiger charge is 2.15. The van der Waals surface area contributed by atoms with E-state index in [2.05, 4.69) is 55.5 Å². The van der Waals surface area contributed by atoms with E-state index >= 15 is 0 Å². The molecule has 1 atom stereocenters. The lowest BCUT2D eigenvalue weighted by atomic mass is 10.1. The molecule has 2 aromatic rings. The second-order valence-corrected chi connectivity index (χ2v) is 5.27. The third-order valence-electron chi connectivity index (χ3n) is 3.57. The van der Waals surface area contributed by atoms with E-state index in [1.807, 2.05) is 10.7 Å². The average Bonchev–Trinajstić information content (AvgIpc) is 2.81. The molecule has 0 aliphatic heterocycles. The zero-order chi connectivity index (χ0) is 14.5. The molecule has 0 amide bonds. The topological polar surface area (TPSA) is 29.9 Å². The first-order valence-electron chi connectivity index (χ1n) is 7.19. The van der Waals surface area contributed by atoms with Crippen LogP contribution in [0.5, 0.6) is 0 Å². The Morgan fingerprint density at radius 2 is 1.95 bits per heavy atom. The predicted molar refractivity (Wildman–Crippen MR) is 84.0 cm³/mol. The maximum Gasteiger partial charge on any atom is 0.0863 e. The van der Waals surface area contributed by atoms with Crippen molar-refractivity contribution in [3.8, 4) is 0 Å². The highest BCUT2D eigenvalue weighted by molar-refractivity contribution is 6.31. The van der Waals surface area contributed by atoms with Gasteiger partial charge in [-0.3, -0.25) is 4.68 Å². The summed E-state index contributed by atoms with van der Waals surface area (Å²) in [5, 5.41) is 8.87. The van der Waals surface area contributed by atoms with E-state index in [0.29, 0.717) is 0 Å². The zero-order valence-electron chi connectivity index (χ0n) is 12.4. The Bertz CT molecular complexity index is 548. The van der Waals surface area contributed by atoms with Crippen LogP contribution in [0.1, 0.15) is 43.8 Å². The molecule has 0 aliphatic carbocycles. The van der Waals surface area contributed by atoms with Crippen LogP contribution in [0.3, 0.4) is 0 Å². The van der Waals surface area contributed by atoms with Gasteiger partial charge in [0.1, 0.15) is 0 Å². The molecule has 0 fully saturated rings. The fourth-order valence-corrected chi connectivity index (χ4v) is 2.63. The van der Waals surface area contributed by atoms with Crippen molar-refractivity contribution >= 4 is 11.6 Å². The van der Waals surface area contributed by atoms with Crippen LogP contribution in [-0.4, -0.2) is 9.78 Å². The Morgan fingerprint density at radius 3 is 2.55 bits per heavy atom. The van der Waals surface area contributed by atoms with Crippen molar-refractivity contribution in [1.29, 1.82) is 0 Å². The number of rotatable bonds is 6. The van der Waals surface area contributed by atoms with Crippen LogP contribution in [0.4, 0.5) is 0 Å². The lowest BCUT2D eigenvalue weighted by molar-refractivity contribution is 0.530. The zero-order valence-corrected chi connectivity index (χ0v) is 13.1. The average molecular weight is 292 g/mol. The van der Waals surface area contributed by atoms with Crippen molar-refractivity contribution in [3.05, 3.63) is 52.3 Å². The van der Waals surface area contributed by atoms with Crippen LogP contribution < -0.4 is 5.32 Å². The van der Waals surface area contributed by atoms with Crippen LogP contribution in [0.15, 0.2) is 30.3 Å². The molecule has 0 aliphatic rings. The molecule has 0 radical (unpaired) electrons. The van der Waals surface area contributed by atoms with Crippen LogP contribution in [-0.2, 0) is 19.5 Å². The summed E-state index contributed by atoms with van der Waals surface area (Å²) in [5.41, 5.74) is 3.34. The van der Waals surface area contributed by atoms with Crippen LogP contribution >= 0.6 is 11.6 Å². The van der Waals surface area contributed by atoms with Gasteiger partial charge in [-0.2, -0.15) is 5.10 Å². The van der Waals surface area contributed by atoms with E-state index in [4.69, 9.17) is 11.6 Å². The summed E-state index contributed by atoms with van der Waals surface area (Å²) in [7, 11) is 0. The fourth-order valence-electron chi connectivity index (χ4n) is 2.30. The molecule has 0 saturated heterocycles. The third kappa shape index (κ3) is 3.22. The molecule has 2 rings (SSSR count). The summed E-state index contributed by atoms with van der Waals surface area (Å²) in [5.74, 6) is 0. The lowest BCUT2D eigenvalue weighted by Crippen LogP contribution is -2.20. The number of aryl methyl sites for hydroxylation is 2.